The van der Waals surface area contributed by atoms with E-state index in [-0.39, 0.29) is 0 Å². The zero-order valence-corrected chi connectivity index (χ0v) is 9.44. The minimum Gasteiger partial charge on any atom is -0.350 e. The molecule has 16 heavy (non-hydrogen) atoms. The van der Waals surface area contributed by atoms with Crippen molar-refractivity contribution in [1.29, 1.82) is 0 Å². The molecule has 1 N–H and O–H groups in total. The Morgan fingerprint density at radius 3 is 2.56 bits per heavy atom. The van der Waals surface area contributed by atoms with Gasteiger partial charge in [-0.3, -0.25) is 4.98 Å². The second kappa shape index (κ2) is 4.70. The SMILES string of the molecule is Cc1cc(C)nc(NCc2cccnc2)n1. The number of nitrogens with zero attached hydrogens (tertiary/aromatic N) is 3. The van der Waals surface area contributed by atoms with Crippen molar-refractivity contribution >= 4 is 5.95 Å². The second-order valence-electron chi connectivity index (χ2n) is 3.69. The largest absolute Gasteiger partial charge is 0.350 e. The monoisotopic (exact) mass is 214 g/mol. The van der Waals surface area contributed by atoms with Crippen LogP contribution in [0.2, 0.25) is 0 Å². The number of aromatic nitrogens is 3. The molecule has 0 aliphatic carbocycles. The molecule has 0 saturated carbocycles. The van der Waals surface area contributed by atoms with Gasteiger partial charge in [-0.05, 0) is 31.5 Å². The highest BCUT2D eigenvalue weighted by molar-refractivity contribution is 5.29. The van der Waals surface area contributed by atoms with Crippen molar-refractivity contribution in [3.63, 3.8) is 0 Å². The van der Waals surface area contributed by atoms with Gasteiger partial charge in [0.25, 0.3) is 0 Å². The third kappa shape index (κ3) is 2.76. The van der Waals surface area contributed by atoms with E-state index in [2.05, 4.69) is 20.3 Å². The molecular weight excluding hydrogens is 200 g/mol. The standard InChI is InChI=1S/C12H14N4/c1-9-6-10(2)16-12(15-9)14-8-11-4-3-5-13-7-11/h3-7H,8H2,1-2H3,(H,14,15,16). The van der Waals surface area contributed by atoms with Crippen LogP contribution >= 0.6 is 0 Å². The molecule has 0 atom stereocenters. The normalized spacial score (nSPS) is 10.1. The van der Waals surface area contributed by atoms with Crippen molar-refractivity contribution in [2.24, 2.45) is 0 Å². The predicted molar refractivity (Wildman–Crippen MR) is 63.1 cm³/mol. The van der Waals surface area contributed by atoms with Crippen LogP contribution < -0.4 is 5.32 Å². The zero-order valence-electron chi connectivity index (χ0n) is 9.44. The Balaban J connectivity index is 2.05. The van der Waals surface area contributed by atoms with Crippen LogP contribution in [0.4, 0.5) is 5.95 Å². The molecule has 0 aliphatic rings. The lowest BCUT2D eigenvalue weighted by Crippen LogP contribution is -2.05. The minimum absolute atomic E-state index is 0.668. The van der Waals surface area contributed by atoms with Crippen LogP contribution in [0.3, 0.4) is 0 Å². The summed E-state index contributed by atoms with van der Waals surface area (Å²) in [7, 11) is 0. The Labute approximate surface area is 94.8 Å². The molecule has 2 heterocycles. The maximum Gasteiger partial charge on any atom is 0.223 e. The van der Waals surface area contributed by atoms with Crippen molar-refractivity contribution < 1.29 is 0 Å². The summed E-state index contributed by atoms with van der Waals surface area (Å²) in [6.45, 7) is 4.62. The molecule has 0 unspecified atom stereocenters. The molecule has 0 aromatic carbocycles. The highest BCUT2D eigenvalue weighted by Gasteiger charge is 1.98. The molecule has 0 amide bonds. The van der Waals surface area contributed by atoms with Crippen molar-refractivity contribution in [2.75, 3.05) is 5.32 Å². The fourth-order valence-electron chi connectivity index (χ4n) is 1.49. The van der Waals surface area contributed by atoms with Gasteiger partial charge in [-0.1, -0.05) is 6.07 Å². The molecule has 2 aromatic heterocycles. The zero-order chi connectivity index (χ0) is 11.4. The van der Waals surface area contributed by atoms with Crippen LogP contribution in [-0.2, 0) is 6.54 Å². The Kier molecular flexibility index (Phi) is 3.10. The van der Waals surface area contributed by atoms with E-state index in [1.165, 1.54) is 0 Å². The summed E-state index contributed by atoms with van der Waals surface area (Å²) >= 11 is 0. The van der Waals surface area contributed by atoms with Gasteiger partial charge in [0.1, 0.15) is 0 Å². The van der Waals surface area contributed by atoms with Gasteiger partial charge in [0.2, 0.25) is 5.95 Å². The number of aryl methyl sites for hydroxylation is 2. The molecule has 2 aromatic rings. The third-order valence-electron chi connectivity index (χ3n) is 2.16. The summed E-state index contributed by atoms with van der Waals surface area (Å²) in [4.78, 5) is 12.7. The summed E-state index contributed by atoms with van der Waals surface area (Å²) in [6, 6.07) is 5.89. The highest BCUT2D eigenvalue weighted by Crippen LogP contribution is 2.05. The van der Waals surface area contributed by atoms with Crippen LogP contribution in [0.5, 0.6) is 0 Å². The number of hydrogen-bond donors (Lipinski definition) is 1. The molecule has 4 heteroatoms. The van der Waals surface area contributed by atoms with Crippen molar-refractivity contribution in [3.05, 3.63) is 47.5 Å². The Hall–Kier alpha value is -1.97. The van der Waals surface area contributed by atoms with Gasteiger partial charge in [0.05, 0.1) is 0 Å². The van der Waals surface area contributed by atoms with Gasteiger partial charge in [0, 0.05) is 30.3 Å². The van der Waals surface area contributed by atoms with Gasteiger partial charge in [-0.2, -0.15) is 0 Å². The van der Waals surface area contributed by atoms with E-state index < -0.39 is 0 Å². The lowest BCUT2D eigenvalue weighted by atomic mass is 10.3. The number of nitrogens with one attached hydrogen (secondary N) is 1. The first-order valence-electron chi connectivity index (χ1n) is 5.19. The van der Waals surface area contributed by atoms with E-state index in [0.717, 1.165) is 17.0 Å². The summed E-state index contributed by atoms with van der Waals surface area (Å²) < 4.78 is 0. The van der Waals surface area contributed by atoms with Crippen LogP contribution in [0.15, 0.2) is 30.6 Å². The Morgan fingerprint density at radius 2 is 1.94 bits per heavy atom. The van der Waals surface area contributed by atoms with E-state index in [4.69, 9.17) is 0 Å². The van der Waals surface area contributed by atoms with E-state index in [1.54, 1.807) is 6.20 Å². The van der Waals surface area contributed by atoms with Crippen molar-refractivity contribution in [2.45, 2.75) is 20.4 Å². The lowest BCUT2D eigenvalue weighted by Gasteiger charge is -2.06. The molecule has 0 aliphatic heterocycles. The van der Waals surface area contributed by atoms with Crippen molar-refractivity contribution in [1.82, 2.24) is 15.0 Å². The fourth-order valence-corrected chi connectivity index (χ4v) is 1.49. The average Bonchev–Trinajstić information content (AvgIpc) is 2.27. The first kappa shape index (κ1) is 10.5. The van der Waals surface area contributed by atoms with E-state index in [9.17, 15) is 0 Å². The summed E-state index contributed by atoms with van der Waals surface area (Å²) in [5.41, 5.74) is 3.06. The number of anilines is 1. The van der Waals surface area contributed by atoms with E-state index in [0.29, 0.717) is 12.5 Å². The average molecular weight is 214 g/mol. The molecule has 0 spiro atoms. The predicted octanol–water partition coefficient (Wildman–Crippen LogP) is 2.10. The maximum absolute atomic E-state index is 4.31. The molecule has 82 valence electrons. The topological polar surface area (TPSA) is 50.7 Å². The number of rotatable bonds is 3. The Bertz CT molecular complexity index is 447. The lowest BCUT2D eigenvalue weighted by molar-refractivity contribution is 0.998. The van der Waals surface area contributed by atoms with Crippen LogP contribution in [0.1, 0.15) is 17.0 Å². The molecule has 0 radical (unpaired) electrons. The molecule has 2 rings (SSSR count). The summed E-state index contributed by atoms with van der Waals surface area (Å²) in [5.74, 6) is 0.668. The number of hydrogen-bond acceptors (Lipinski definition) is 4. The first-order valence-corrected chi connectivity index (χ1v) is 5.19. The molecule has 0 fully saturated rings. The van der Waals surface area contributed by atoms with E-state index >= 15 is 0 Å². The Morgan fingerprint density at radius 1 is 1.19 bits per heavy atom. The van der Waals surface area contributed by atoms with Crippen molar-refractivity contribution in [3.8, 4) is 0 Å². The van der Waals surface area contributed by atoms with Gasteiger partial charge < -0.3 is 5.32 Å². The number of pyridine rings is 1. The molecule has 0 saturated heterocycles. The maximum atomic E-state index is 4.31. The third-order valence-corrected chi connectivity index (χ3v) is 2.16. The molecule has 4 nitrogen and oxygen atoms in total. The van der Waals surface area contributed by atoms with Crippen LogP contribution in [0, 0.1) is 13.8 Å². The van der Waals surface area contributed by atoms with Gasteiger partial charge in [-0.25, -0.2) is 9.97 Å². The minimum atomic E-state index is 0.668. The first-order chi connectivity index (χ1) is 7.74. The van der Waals surface area contributed by atoms with Crippen LogP contribution in [0.25, 0.3) is 0 Å². The molecular formula is C12H14N4. The molecule has 0 bridgehead atoms. The summed E-state index contributed by atoms with van der Waals surface area (Å²) in [5, 5.41) is 3.18. The smallest absolute Gasteiger partial charge is 0.223 e. The van der Waals surface area contributed by atoms with Gasteiger partial charge in [0.15, 0.2) is 0 Å². The van der Waals surface area contributed by atoms with Gasteiger partial charge in [-0.15, -0.1) is 0 Å². The fraction of sp³-hybridized carbons (Fsp3) is 0.250. The second-order valence-corrected chi connectivity index (χ2v) is 3.69. The highest BCUT2D eigenvalue weighted by atomic mass is 15.1. The van der Waals surface area contributed by atoms with Gasteiger partial charge >= 0.3 is 0 Å². The van der Waals surface area contributed by atoms with E-state index in [1.807, 2.05) is 38.2 Å². The van der Waals surface area contributed by atoms with Crippen LogP contribution in [-0.4, -0.2) is 15.0 Å². The summed E-state index contributed by atoms with van der Waals surface area (Å²) in [6.07, 6.45) is 3.59. The quantitative estimate of drug-likeness (QED) is 0.850.